The second-order valence-electron chi connectivity index (χ2n) is 6.34. The number of para-hydroxylation sites is 1. The van der Waals surface area contributed by atoms with Gasteiger partial charge in [-0.05, 0) is 37.1 Å². The van der Waals surface area contributed by atoms with Gasteiger partial charge in [-0.1, -0.05) is 18.2 Å². The maximum Gasteiger partial charge on any atom is 0.144 e. The third-order valence-electron chi connectivity index (χ3n) is 4.71. The summed E-state index contributed by atoms with van der Waals surface area (Å²) in [5, 5.41) is 3.07. The Balaban J connectivity index is 1.53. The molecular weight excluding hydrogens is 300 g/mol. The summed E-state index contributed by atoms with van der Waals surface area (Å²) in [5.41, 5.74) is 3.54. The Bertz CT molecular complexity index is 759. The number of hydrogen-bond acceptors (Lipinski definition) is 5. The van der Waals surface area contributed by atoms with Crippen molar-refractivity contribution < 1.29 is 4.74 Å². The van der Waals surface area contributed by atoms with Crippen molar-refractivity contribution in [2.24, 2.45) is 0 Å². The van der Waals surface area contributed by atoms with E-state index < -0.39 is 0 Å². The van der Waals surface area contributed by atoms with E-state index in [1.165, 1.54) is 17.6 Å². The first-order chi connectivity index (χ1) is 11.8. The standard InChI is InChI=1S/C19H22N4O/c1-20-19-11-21-10-16(22-19)17-6-4-8-23(17)12-14-9-15-5-2-3-7-18(15)24-13-14/h2-3,5,7,9-11,17H,4,6,8,12-13H2,1H3,(H,20,22). The number of rotatable bonds is 4. The van der Waals surface area contributed by atoms with Crippen molar-refractivity contribution in [3.63, 3.8) is 0 Å². The highest BCUT2D eigenvalue weighted by Crippen LogP contribution is 2.33. The number of aromatic nitrogens is 2. The summed E-state index contributed by atoms with van der Waals surface area (Å²) in [7, 11) is 1.88. The lowest BCUT2D eigenvalue weighted by molar-refractivity contribution is 0.256. The Morgan fingerprint density at radius 2 is 2.21 bits per heavy atom. The first kappa shape index (κ1) is 15.1. The molecule has 5 nitrogen and oxygen atoms in total. The molecule has 1 aromatic heterocycles. The van der Waals surface area contributed by atoms with Gasteiger partial charge in [0.25, 0.3) is 0 Å². The van der Waals surface area contributed by atoms with Crippen LogP contribution in [0.4, 0.5) is 5.82 Å². The summed E-state index contributed by atoms with van der Waals surface area (Å²) in [5.74, 6) is 1.81. The highest BCUT2D eigenvalue weighted by atomic mass is 16.5. The molecule has 1 saturated heterocycles. The second-order valence-corrected chi connectivity index (χ2v) is 6.34. The quantitative estimate of drug-likeness (QED) is 0.937. The van der Waals surface area contributed by atoms with Gasteiger partial charge in [-0.25, -0.2) is 4.98 Å². The maximum atomic E-state index is 5.89. The number of likely N-dealkylation sites (tertiary alicyclic amines) is 1. The van der Waals surface area contributed by atoms with Crippen LogP contribution in [0.3, 0.4) is 0 Å². The van der Waals surface area contributed by atoms with Gasteiger partial charge in [0.1, 0.15) is 18.2 Å². The summed E-state index contributed by atoms with van der Waals surface area (Å²) in [6, 6.07) is 8.54. The predicted molar refractivity (Wildman–Crippen MR) is 95.0 cm³/mol. The fourth-order valence-corrected chi connectivity index (χ4v) is 3.53. The lowest BCUT2D eigenvalue weighted by atomic mass is 10.1. The van der Waals surface area contributed by atoms with Crippen molar-refractivity contribution in [3.8, 4) is 5.75 Å². The summed E-state index contributed by atoms with van der Waals surface area (Å²) >= 11 is 0. The van der Waals surface area contributed by atoms with Crippen LogP contribution in [-0.4, -0.2) is 41.6 Å². The average molecular weight is 322 g/mol. The van der Waals surface area contributed by atoms with E-state index >= 15 is 0 Å². The van der Waals surface area contributed by atoms with E-state index in [4.69, 9.17) is 4.74 Å². The van der Waals surface area contributed by atoms with Crippen LogP contribution in [-0.2, 0) is 0 Å². The van der Waals surface area contributed by atoms with Gasteiger partial charge < -0.3 is 10.1 Å². The topological polar surface area (TPSA) is 50.3 Å². The Kier molecular flexibility index (Phi) is 4.17. The zero-order chi connectivity index (χ0) is 16.4. The molecule has 4 rings (SSSR count). The molecule has 0 bridgehead atoms. The monoisotopic (exact) mass is 322 g/mol. The minimum absolute atomic E-state index is 0.337. The summed E-state index contributed by atoms with van der Waals surface area (Å²) in [6.45, 7) is 2.68. The van der Waals surface area contributed by atoms with Gasteiger partial charge in [0.15, 0.2) is 0 Å². The second kappa shape index (κ2) is 6.61. The lowest BCUT2D eigenvalue weighted by Gasteiger charge is -2.27. The van der Waals surface area contributed by atoms with Crippen molar-refractivity contribution in [2.45, 2.75) is 18.9 Å². The number of nitrogens with zero attached hydrogens (tertiary/aromatic N) is 3. The van der Waals surface area contributed by atoms with Gasteiger partial charge in [-0.2, -0.15) is 0 Å². The molecule has 1 atom stereocenters. The van der Waals surface area contributed by atoms with Crippen LogP contribution in [0.15, 0.2) is 42.2 Å². The summed E-state index contributed by atoms with van der Waals surface area (Å²) < 4.78 is 5.89. The molecule has 3 heterocycles. The highest BCUT2D eigenvalue weighted by molar-refractivity contribution is 5.62. The molecule has 2 aromatic rings. The van der Waals surface area contributed by atoms with Crippen LogP contribution in [0.5, 0.6) is 5.75 Å². The number of hydrogen-bond donors (Lipinski definition) is 1. The molecule has 1 N–H and O–H groups in total. The van der Waals surface area contributed by atoms with Gasteiger partial charge >= 0.3 is 0 Å². The van der Waals surface area contributed by atoms with E-state index in [2.05, 4.69) is 38.4 Å². The zero-order valence-electron chi connectivity index (χ0n) is 13.9. The summed E-state index contributed by atoms with van der Waals surface area (Å²) in [4.78, 5) is 11.5. The van der Waals surface area contributed by atoms with Crippen molar-refractivity contribution in [2.75, 3.05) is 32.1 Å². The van der Waals surface area contributed by atoms with E-state index in [1.54, 1.807) is 6.20 Å². The van der Waals surface area contributed by atoms with Gasteiger partial charge in [-0.3, -0.25) is 9.88 Å². The molecule has 2 aliphatic rings. The molecular formula is C19H22N4O. The van der Waals surface area contributed by atoms with Gasteiger partial charge in [-0.15, -0.1) is 0 Å². The van der Waals surface area contributed by atoms with E-state index in [0.29, 0.717) is 12.6 Å². The molecule has 0 saturated carbocycles. The van der Waals surface area contributed by atoms with Crippen LogP contribution < -0.4 is 10.1 Å². The number of ether oxygens (including phenoxy) is 1. The largest absolute Gasteiger partial charge is 0.489 e. The third-order valence-corrected chi connectivity index (χ3v) is 4.71. The molecule has 0 aliphatic carbocycles. The van der Waals surface area contributed by atoms with E-state index in [-0.39, 0.29) is 0 Å². The van der Waals surface area contributed by atoms with E-state index in [0.717, 1.165) is 36.8 Å². The fraction of sp³-hybridized carbons (Fsp3) is 0.368. The molecule has 1 fully saturated rings. The van der Waals surface area contributed by atoms with Crippen molar-refractivity contribution in [1.29, 1.82) is 0 Å². The predicted octanol–water partition coefficient (Wildman–Crippen LogP) is 3.13. The Hall–Kier alpha value is -2.40. The Labute approximate surface area is 142 Å². The van der Waals surface area contributed by atoms with Crippen molar-refractivity contribution >= 4 is 11.9 Å². The summed E-state index contributed by atoms with van der Waals surface area (Å²) in [6.07, 6.45) is 8.25. The van der Waals surface area contributed by atoms with Gasteiger partial charge in [0.2, 0.25) is 0 Å². The molecule has 0 spiro atoms. The molecule has 0 amide bonds. The number of nitrogens with one attached hydrogen (secondary N) is 1. The molecule has 2 aliphatic heterocycles. The van der Waals surface area contributed by atoms with Crippen LogP contribution >= 0.6 is 0 Å². The maximum absolute atomic E-state index is 5.89. The SMILES string of the molecule is CNc1cncc(C2CCCN2CC2=Cc3ccccc3OC2)n1. The lowest BCUT2D eigenvalue weighted by Crippen LogP contribution is -2.28. The smallest absolute Gasteiger partial charge is 0.144 e. The number of benzene rings is 1. The minimum atomic E-state index is 0.337. The molecule has 1 unspecified atom stereocenters. The molecule has 124 valence electrons. The Morgan fingerprint density at radius 3 is 3.12 bits per heavy atom. The molecule has 1 aromatic carbocycles. The minimum Gasteiger partial charge on any atom is -0.489 e. The van der Waals surface area contributed by atoms with Crippen LogP contribution in [0.25, 0.3) is 6.08 Å². The first-order valence-electron chi connectivity index (χ1n) is 8.48. The first-order valence-corrected chi connectivity index (χ1v) is 8.48. The number of anilines is 1. The van der Waals surface area contributed by atoms with Crippen LogP contribution in [0.2, 0.25) is 0 Å². The Morgan fingerprint density at radius 1 is 1.29 bits per heavy atom. The van der Waals surface area contributed by atoms with Gasteiger partial charge in [0.05, 0.1) is 24.1 Å². The average Bonchev–Trinajstić information content (AvgIpc) is 3.10. The van der Waals surface area contributed by atoms with Crippen molar-refractivity contribution in [3.05, 3.63) is 53.5 Å². The van der Waals surface area contributed by atoms with E-state index in [9.17, 15) is 0 Å². The molecule has 5 heteroatoms. The number of fused-ring (bicyclic) bond motifs is 1. The fourth-order valence-electron chi connectivity index (χ4n) is 3.53. The van der Waals surface area contributed by atoms with Crippen LogP contribution in [0.1, 0.15) is 30.1 Å². The van der Waals surface area contributed by atoms with E-state index in [1.807, 2.05) is 25.4 Å². The van der Waals surface area contributed by atoms with Gasteiger partial charge in [0, 0.05) is 19.2 Å². The normalized spacial score (nSPS) is 20.2. The highest BCUT2D eigenvalue weighted by Gasteiger charge is 2.28. The molecule has 24 heavy (non-hydrogen) atoms. The van der Waals surface area contributed by atoms with Crippen LogP contribution in [0, 0.1) is 0 Å². The zero-order valence-corrected chi connectivity index (χ0v) is 13.9. The third kappa shape index (κ3) is 2.99. The molecule has 0 radical (unpaired) electrons. The van der Waals surface area contributed by atoms with Crippen molar-refractivity contribution in [1.82, 2.24) is 14.9 Å².